The van der Waals surface area contributed by atoms with E-state index in [1.54, 1.807) is 31.0 Å². The summed E-state index contributed by atoms with van der Waals surface area (Å²) in [5, 5.41) is 2.87. The van der Waals surface area contributed by atoms with Crippen molar-refractivity contribution in [1.82, 2.24) is 4.90 Å². The summed E-state index contributed by atoms with van der Waals surface area (Å²) in [5.74, 6) is 3.36. The maximum Gasteiger partial charge on any atom is 0.231 e. The average Bonchev–Trinajstić information content (AvgIpc) is 3.77. The lowest BCUT2D eigenvalue weighted by atomic mass is 9.90. The van der Waals surface area contributed by atoms with E-state index in [4.69, 9.17) is 28.7 Å². The van der Waals surface area contributed by atoms with Crippen LogP contribution in [0.1, 0.15) is 29.7 Å². The molecule has 0 aliphatic carbocycles. The van der Waals surface area contributed by atoms with E-state index in [0.29, 0.717) is 34.3 Å². The number of carbonyl (C=O) groups excluding carboxylic acids is 1. The molecule has 42 heavy (non-hydrogen) atoms. The third-order valence-corrected chi connectivity index (χ3v) is 8.25. The number of methoxy groups -OCH3 is 1. The Hall–Kier alpha value is -4.89. The summed E-state index contributed by atoms with van der Waals surface area (Å²) in [7, 11) is 1.64. The molecule has 1 atom stereocenters. The van der Waals surface area contributed by atoms with Crippen LogP contribution in [0, 0.1) is 0 Å². The first-order chi connectivity index (χ1) is 20.6. The quantitative estimate of drug-likeness (QED) is 0.286. The second-order valence-corrected chi connectivity index (χ2v) is 10.7. The molecule has 7 rings (SSSR count). The van der Waals surface area contributed by atoms with Gasteiger partial charge in [-0.05, 0) is 77.6 Å². The molecule has 4 heterocycles. The Morgan fingerprint density at radius 2 is 1.52 bits per heavy atom. The zero-order valence-electron chi connectivity index (χ0n) is 22.9. The molecule has 0 bridgehead atoms. The molecule has 4 aliphatic heterocycles. The highest BCUT2D eigenvalue weighted by Gasteiger charge is 2.38. The van der Waals surface area contributed by atoms with Crippen LogP contribution >= 0.6 is 11.8 Å². The predicted octanol–water partition coefficient (Wildman–Crippen LogP) is 6.72. The maximum atomic E-state index is 14.2. The van der Waals surface area contributed by atoms with Crippen molar-refractivity contribution in [2.45, 2.75) is 13.0 Å². The lowest BCUT2D eigenvalue weighted by molar-refractivity contribution is -0.111. The van der Waals surface area contributed by atoms with Gasteiger partial charge in [0.2, 0.25) is 13.6 Å². The summed E-state index contributed by atoms with van der Waals surface area (Å²) in [6.07, 6.45) is 7.23. The van der Waals surface area contributed by atoms with Crippen molar-refractivity contribution in [3.8, 4) is 28.7 Å². The van der Waals surface area contributed by atoms with Gasteiger partial charge in [0.15, 0.2) is 33.9 Å². The van der Waals surface area contributed by atoms with Gasteiger partial charge in [0, 0.05) is 5.70 Å². The van der Waals surface area contributed by atoms with E-state index < -0.39 is 0 Å². The molecule has 0 aromatic heterocycles. The molecule has 3 aromatic carbocycles. The van der Waals surface area contributed by atoms with Crippen LogP contribution in [-0.2, 0) is 4.79 Å². The number of hydrogen-bond donors (Lipinski definition) is 0. The molecule has 0 spiro atoms. The third kappa shape index (κ3) is 4.81. The number of rotatable bonds is 7. The van der Waals surface area contributed by atoms with Crippen LogP contribution in [0.25, 0.3) is 12.2 Å². The van der Waals surface area contributed by atoms with E-state index in [2.05, 4.69) is 10.3 Å². The molecule has 9 heteroatoms. The second kappa shape index (κ2) is 10.8. The first-order valence-corrected chi connectivity index (χ1v) is 14.2. The van der Waals surface area contributed by atoms with E-state index in [0.717, 1.165) is 33.3 Å². The van der Waals surface area contributed by atoms with E-state index in [-0.39, 0.29) is 25.4 Å². The fraction of sp³-hybridized carbons (Fsp3) is 0.152. The number of ether oxygens (including phenoxy) is 5. The summed E-state index contributed by atoms with van der Waals surface area (Å²) in [6.45, 7) is 2.43. The summed E-state index contributed by atoms with van der Waals surface area (Å²) in [6, 6.07) is 18.8. The number of nitrogens with zero attached hydrogens (tertiary/aromatic N) is 2. The fourth-order valence-electron chi connectivity index (χ4n) is 5.19. The maximum absolute atomic E-state index is 14.2. The van der Waals surface area contributed by atoms with Crippen molar-refractivity contribution in [1.29, 1.82) is 0 Å². The number of benzene rings is 3. The van der Waals surface area contributed by atoms with Crippen molar-refractivity contribution < 1.29 is 28.5 Å². The van der Waals surface area contributed by atoms with E-state index >= 15 is 0 Å². The largest absolute Gasteiger partial charge is 0.497 e. The van der Waals surface area contributed by atoms with Gasteiger partial charge in [-0.1, -0.05) is 48.2 Å². The van der Waals surface area contributed by atoms with Gasteiger partial charge in [-0.25, -0.2) is 4.99 Å². The number of allylic oxidation sites excluding steroid dienone is 3. The highest BCUT2D eigenvalue weighted by Crippen LogP contribution is 2.45. The van der Waals surface area contributed by atoms with Gasteiger partial charge in [0.25, 0.3) is 0 Å². The molecule has 0 radical (unpaired) electrons. The van der Waals surface area contributed by atoms with Crippen LogP contribution in [-0.4, -0.2) is 36.5 Å². The minimum Gasteiger partial charge on any atom is -0.497 e. The smallest absolute Gasteiger partial charge is 0.231 e. The first kappa shape index (κ1) is 26.0. The van der Waals surface area contributed by atoms with Gasteiger partial charge in [0.05, 0.1) is 24.4 Å². The van der Waals surface area contributed by atoms with E-state index in [1.807, 2.05) is 79.7 Å². The Balaban J connectivity index is 1.32. The molecule has 8 nitrogen and oxygen atoms in total. The minimum atomic E-state index is -0.389. The summed E-state index contributed by atoms with van der Waals surface area (Å²) < 4.78 is 27.4. The van der Waals surface area contributed by atoms with Gasteiger partial charge in [-0.15, -0.1) is 0 Å². The zero-order chi connectivity index (χ0) is 28.6. The highest BCUT2D eigenvalue weighted by molar-refractivity contribution is 8.16. The summed E-state index contributed by atoms with van der Waals surface area (Å²) in [5.41, 5.74) is 4.87. The Labute approximate surface area is 247 Å². The molecule has 0 saturated heterocycles. The van der Waals surface area contributed by atoms with Gasteiger partial charge >= 0.3 is 0 Å². The van der Waals surface area contributed by atoms with Crippen molar-refractivity contribution in [3.05, 3.63) is 112 Å². The molecule has 0 saturated carbocycles. The first-order valence-electron chi connectivity index (χ1n) is 13.4. The third-order valence-electron chi connectivity index (χ3n) is 7.30. The fourth-order valence-corrected chi connectivity index (χ4v) is 6.09. The van der Waals surface area contributed by atoms with Gasteiger partial charge < -0.3 is 28.6 Å². The van der Waals surface area contributed by atoms with Gasteiger partial charge in [0.1, 0.15) is 5.75 Å². The summed E-state index contributed by atoms with van der Waals surface area (Å²) >= 11 is 1.55. The molecule has 0 N–H and O–H groups in total. The number of amidine groups is 1. The highest BCUT2D eigenvalue weighted by atomic mass is 32.2. The van der Waals surface area contributed by atoms with E-state index in [9.17, 15) is 4.79 Å². The Kier molecular flexibility index (Phi) is 6.71. The van der Waals surface area contributed by atoms with Crippen LogP contribution in [0.4, 0.5) is 0 Å². The molecule has 4 aliphatic rings. The summed E-state index contributed by atoms with van der Waals surface area (Å²) in [4.78, 5) is 21.3. The predicted molar refractivity (Wildman–Crippen MR) is 162 cm³/mol. The minimum absolute atomic E-state index is 0.147. The number of thioether (sulfide) groups is 1. The number of fused-ring (bicyclic) bond motifs is 3. The number of carbonyl (C=O) groups is 1. The average molecular weight is 579 g/mol. The van der Waals surface area contributed by atoms with Crippen LogP contribution in [0.2, 0.25) is 0 Å². The van der Waals surface area contributed by atoms with Gasteiger partial charge in [-0.3, -0.25) is 4.79 Å². The number of aliphatic imine (C=N–C) groups is 1. The van der Waals surface area contributed by atoms with E-state index in [1.165, 1.54) is 0 Å². The van der Waals surface area contributed by atoms with Crippen molar-refractivity contribution in [2.75, 3.05) is 20.7 Å². The Bertz CT molecular complexity index is 1740. The number of ketones is 1. The van der Waals surface area contributed by atoms with Crippen molar-refractivity contribution in [3.63, 3.8) is 0 Å². The lowest BCUT2D eigenvalue weighted by Crippen LogP contribution is -2.35. The standard InChI is InChI=1S/C33H26N2O6S/c1-20-17-42-33-34-25(11-3-21-5-13-27-29(15-21)40-18-38-27)31(32(35(20)33)23-7-9-24(37-2)10-8-23)26(36)12-4-22-6-14-28-30(16-22)41-19-39-28/h3-17,32H,18-19H2,1-2H3/b11-3+,12-4+. The molecule has 210 valence electrons. The molecule has 3 aromatic rings. The SMILES string of the molecule is COc1ccc(C2C(C(=O)/C=C/c3ccc4c(c3)OCO4)=C(/C=C/c3ccc4c(c3)OCO4)N=C3SC=C(C)N32)cc1. The molecular formula is C33H26N2O6S. The molecule has 0 amide bonds. The van der Waals surface area contributed by atoms with Crippen LogP contribution in [0.5, 0.6) is 28.7 Å². The van der Waals surface area contributed by atoms with Crippen LogP contribution < -0.4 is 23.7 Å². The second-order valence-electron chi connectivity index (χ2n) is 9.87. The van der Waals surface area contributed by atoms with Crippen LogP contribution in [0.3, 0.4) is 0 Å². The van der Waals surface area contributed by atoms with Crippen molar-refractivity contribution >= 4 is 34.9 Å². The monoisotopic (exact) mass is 578 g/mol. The topological polar surface area (TPSA) is 78.8 Å². The lowest BCUT2D eigenvalue weighted by Gasteiger charge is -2.35. The zero-order valence-corrected chi connectivity index (χ0v) is 23.7. The van der Waals surface area contributed by atoms with Gasteiger partial charge in [-0.2, -0.15) is 0 Å². The normalized spacial score (nSPS) is 18.5. The Morgan fingerprint density at radius 1 is 0.881 bits per heavy atom. The van der Waals surface area contributed by atoms with Crippen molar-refractivity contribution in [2.24, 2.45) is 4.99 Å². The number of hydrogen-bond acceptors (Lipinski definition) is 9. The molecule has 0 fully saturated rings. The molecular weight excluding hydrogens is 552 g/mol. The van der Waals surface area contributed by atoms with Crippen LogP contribution in [0.15, 0.2) is 100 Å². The molecule has 1 unspecified atom stereocenters. The Morgan fingerprint density at radius 3 is 2.19 bits per heavy atom.